The number of rotatable bonds is 0. The van der Waals surface area contributed by atoms with Crippen LogP contribution in [0.4, 0.5) is 0 Å². The summed E-state index contributed by atoms with van der Waals surface area (Å²) in [5.41, 5.74) is 0. The fraction of sp³-hybridized carbons (Fsp3) is 0.600. The van der Waals surface area contributed by atoms with Crippen LogP contribution in [-0.4, -0.2) is 18.9 Å². The molecule has 0 bridgehead atoms. The number of hydrogen-bond donors (Lipinski definition) is 0. The zero-order chi connectivity index (χ0) is 4.28. The average molecular weight is 76.1 g/mol. The van der Waals surface area contributed by atoms with Crippen molar-refractivity contribution in [2.24, 2.45) is 5.92 Å². The molecular weight excluding hydrogens is 67.0 g/mol. The fourth-order valence-electron chi connectivity index (χ4n) is 0. The van der Waals surface area contributed by atoms with Gasteiger partial charge in [0.2, 0.25) is 0 Å². The molecular formula is C5H9Li. The van der Waals surface area contributed by atoms with Crippen LogP contribution < -0.4 is 0 Å². The molecule has 0 aromatic rings. The van der Waals surface area contributed by atoms with E-state index in [-0.39, 0.29) is 18.9 Å². The van der Waals surface area contributed by atoms with E-state index in [1.54, 1.807) is 0 Å². The van der Waals surface area contributed by atoms with Gasteiger partial charge < -0.3 is 0 Å². The first-order valence-corrected chi connectivity index (χ1v) is 1.73. The van der Waals surface area contributed by atoms with E-state index >= 15 is 0 Å². The summed E-state index contributed by atoms with van der Waals surface area (Å²) >= 11 is 0. The van der Waals surface area contributed by atoms with Gasteiger partial charge in [-0.15, -0.1) is 12.3 Å². The van der Waals surface area contributed by atoms with Crippen molar-refractivity contribution < 1.29 is 0 Å². The zero-order valence-corrected chi connectivity index (χ0v) is 3.65. The molecule has 0 aromatic carbocycles. The van der Waals surface area contributed by atoms with Gasteiger partial charge in [0.05, 0.1) is 0 Å². The van der Waals surface area contributed by atoms with Gasteiger partial charge in [-0.05, 0) is 0 Å². The van der Waals surface area contributed by atoms with Crippen LogP contribution in [0.25, 0.3) is 0 Å². The van der Waals surface area contributed by atoms with Gasteiger partial charge in [-0.25, -0.2) is 0 Å². The molecule has 6 heavy (non-hydrogen) atoms. The average Bonchev–Trinajstić information content (AvgIpc) is 1.38. The van der Waals surface area contributed by atoms with Gasteiger partial charge in [-0.3, -0.25) is 0 Å². The molecule has 0 aliphatic heterocycles. The maximum absolute atomic E-state index is 4.92. The molecule has 0 fully saturated rings. The van der Waals surface area contributed by atoms with Crippen LogP contribution >= 0.6 is 0 Å². The molecule has 0 atom stereocenters. The molecule has 0 aliphatic rings. The zero-order valence-electron chi connectivity index (χ0n) is 3.65. The van der Waals surface area contributed by atoms with Crippen LogP contribution in [0.3, 0.4) is 0 Å². The Kier molecular flexibility index (Phi) is 8.15. The Morgan fingerprint density at radius 3 is 1.67 bits per heavy atom. The Morgan fingerprint density at radius 2 is 1.67 bits per heavy atom. The van der Waals surface area contributed by atoms with Gasteiger partial charge in [-0.1, -0.05) is 13.8 Å². The van der Waals surface area contributed by atoms with E-state index in [1.807, 2.05) is 13.8 Å². The second-order valence-electron chi connectivity index (χ2n) is 1.32. The Balaban J connectivity index is 0. The summed E-state index contributed by atoms with van der Waals surface area (Å²) in [4.78, 5) is 0. The summed E-state index contributed by atoms with van der Waals surface area (Å²) < 4.78 is 0. The molecule has 30 valence electrons. The normalized spacial score (nSPS) is 6.33. The van der Waals surface area contributed by atoms with Crippen LogP contribution in [0, 0.1) is 18.3 Å². The Hall–Kier alpha value is 0.157. The van der Waals surface area contributed by atoms with E-state index in [0.717, 1.165) is 0 Å². The summed E-state index contributed by atoms with van der Waals surface area (Å²) in [5.74, 6) is 2.94. The summed E-state index contributed by atoms with van der Waals surface area (Å²) in [6.45, 7) is 3.97. The molecule has 0 amide bonds. The second kappa shape index (κ2) is 5.16. The van der Waals surface area contributed by atoms with Crippen molar-refractivity contribution in [3.05, 3.63) is 0 Å². The molecule has 0 rings (SSSR count). The second-order valence-corrected chi connectivity index (χ2v) is 1.32. The molecule has 0 aromatic heterocycles. The van der Waals surface area contributed by atoms with Gasteiger partial charge in [0.25, 0.3) is 0 Å². The molecule has 0 aliphatic carbocycles. The third kappa shape index (κ3) is 8.90. The predicted octanol–water partition coefficient (Wildman–Crippen LogP) is 0.627. The maximum atomic E-state index is 4.92. The van der Waals surface area contributed by atoms with Gasteiger partial charge in [0, 0.05) is 5.92 Å². The Bertz CT molecular complexity index is 49.4. The molecule has 0 N–H and O–H groups in total. The van der Waals surface area contributed by atoms with Crippen molar-refractivity contribution in [3.8, 4) is 12.3 Å². The summed E-state index contributed by atoms with van der Waals surface area (Å²) in [7, 11) is 0. The van der Waals surface area contributed by atoms with Crippen LogP contribution in [0.5, 0.6) is 0 Å². The molecule has 0 radical (unpaired) electrons. The van der Waals surface area contributed by atoms with Crippen molar-refractivity contribution in [2.75, 3.05) is 0 Å². The minimum atomic E-state index is 0. The molecule has 1 heteroatoms. The molecule has 0 spiro atoms. The molecule has 0 saturated carbocycles. The monoisotopic (exact) mass is 76.1 g/mol. The third-order valence-corrected chi connectivity index (χ3v) is 0.333. The van der Waals surface area contributed by atoms with E-state index in [4.69, 9.17) is 6.42 Å². The van der Waals surface area contributed by atoms with Gasteiger partial charge in [0.1, 0.15) is 0 Å². The van der Waals surface area contributed by atoms with Gasteiger partial charge in [0.15, 0.2) is 0 Å². The van der Waals surface area contributed by atoms with Gasteiger partial charge >= 0.3 is 18.9 Å². The third-order valence-electron chi connectivity index (χ3n) is 0.333. The standard InChI is InChI=1S/C5H8.Li.H/c1-4-5(2)3;;/h1,5H,2-3H3;;. The van der Waals surface area contributed by atoms with Crippen LogP contribution in [0.1, 0.15) is 13.8 Å². The number of terminal acetylenes is 1. The fourth-order valence-corrected chi connectivity index (χ4v) is 0. The van der Waals surface area contributed by atoms with E-state index < -0.39 is 0 Å². The summed E-state index contributed by atoms with van der Waals surface area (Å²) in [5, 5.41) is 0. The first kappa shape index (κ1) is 9.48. The van der Waals surface area contributed by atoms with Crippen molar-refractivity contribution in [1.29, 1.82) is 0 Å². The molecule has 0 unspecified atom stereocenters. The van der Waals surface area contributed by atoms with Crippen LogP contribution in [-0.2, 0) is 0 Å². The van der Waals surface area contributed by atoms with Crippen LogP contribution in [0.2, 0.25) is 0 Å². The molecule has 0 saturated heterocycles. The van der Waals surface area contributed by atoms with E-state index in [1.165, 1.54) is 0 Å². The SMILES string of the molecule is C#CC(C)C.[LiH]. The topological polar surface area (TPSA) is 0 Å². The van der Waals surface area contributed by atoms with Crippen molar-refractivity contribution >= 4 is 18.9 Å². The quantitative estimate of drug-likeness (QED) is 0.293. The predicted molar refractivity (Wildman–Crippen MR) is 30.8 cm³/mol. The van der Waals surface area contributed by atoms with Crippen molar-refractivity contribution in [1.82, 2.24) is 0 Å². The van der Waals surface area contributed by atoms with Gasteiger partial charge in [-0.2, -0.15) is 0 Å². The minimum absolute atomic E-state index is 0. The first-order valence-electron chi connectivity index (χ1n) is 1.73. The Morgan fingerprint density at radius 1 is 1.50 bits per heavy atom. The summed E-state index contributed by atoms with van der Waals surface area (Å²) in [6.07, 6.45) is 4.92. The van der Waals surface area contributed by atoms with Crippen molar-refractivity contribution in [2.45, 2.75) is 13.8 Å². The molecule has 0 nitrogen and oxygen atoms in total. The number of hydrogen-bond acceptors (Lipinski definition) is 0. The van der Waals surface area contributed by atoms with Crippen LogP contribution in [0.15, 0.2) is 0 Å². The first-order chi connectivity index (χ1) is 2.27. The van der Waals surface area contributed by atoms with Crippen molar-refractivity contribution in [3.63, 3.8) is 0 Å². The Labute approximate surface area is 51.5 Å². The van der Waals surface area contributed by atoms with E-state index in [0.29, 0.717) is 5.92 Å². The van der Waals surface area contributed by atoms with E-state index in [2.05, 4.69) is 5.92 Å². The molecule has 0 heterocycles. The summed E-state index contributed by atoms with van der Waals surface area (Å²) in [6, 6.07) is 0. The van der Waals surface area contributed by atoms with E-state index in [9.17, 15) is 0 Å².